The van der Waals surface area contributed by atoms with E-state index in [1.54, 1.807) is 26.0 Å². The zero-order valence-electron chi connectivity index (χ0n) is 11.1. The molecule has 0 aliphatic carbocycles. The van der Waals surface area contributed by atoms with Gasteiger partial charge in [0.2, 0.25) is 0 Å². The molecule has 0 aromatic heterocycles. The molecule has 5 nitrogen and oxygen atoms in total. The highest BCUT2D eigenvalue weighted by atomic mass is 16.6. The molecule has 102 valence electrons. The number of carbonyl (C=O) groups is 1. The quantitative estimate of drug-likeness (QED) is 0.528. The molecule has 2 aromatic rings. The number of carbonyl (C=O) groups excluding carboxylic acids is 1. The van der Waals surface area contributed by atoms with Gasteiger partial charge in [0.25, 0.3) is 5.69 Å². The lowest BCUT2D eigenvalue weighted by Gasteiger charge is -2.07. The Hall–Kier alpha value is -2.69. The van der Waals surface area contributed by atoms with Crippen molar-refractivity contribution in [3.05, 3.63) is 68.8 Å². The predicted molar refractivity (Wildman–Crippen MR) is 74.1 cm³/mol. The molecule has 5 heteroatoms. The largest absolute Gasteiger partial charge is 0.507 e. The van der Waals surface area contributed by atoms with Crippen LogP contribution < -0.4 is 0 Å². The van der Waals surface area contributed by atoms with E-state index < -0.39 is 4.92 Å². The Morgan fingerprint density at radius 2 is 1.55 bits per heavy atom. The SMILES string of the molecule is Cc1cc(C(=O)c2ccc([N+](=O)[O-])cc2)cc(C)c1O. The smallest absolute Gasteiger partial charge is 0.269 e. The molecule has 20 heavy (non-hydrogen) atoms. The van der Waals surface area contributed by atoms with Crippen LogP contribution in [0.2, 0.25) is 0 Å². The van der Waals surface area contributed by atoms with Crippen molar-refractivity contribution in [1.29, 1.82) is 0 Å². The third kappa shape index (κ3) is 2.51. The zero-order chi connectivity index (χ0) is 14.9. The molecule has 0 heterocycles. The maximum absolute atomic E-state index is 12.3. The highest BCUT2D eigenvalue weighted by molar-refractivity contribution is 6.09. The third-order valence-electron chi connectivity index (χ3n) is 3.09. The predicted octanol–water partition coefficient (Wildman–Crippen LogP) is 3.15. The number of aryl methyl sites for hydroxylation is 2. The Morgan fingerprint density at radius 1 is 1.05 bits per heavy atom. The number of hydrogen-bond donors (Lipinski definition) is 1. The van der Waals surface area contributed by atoms with Crippen LogP contribution in [-0.4, -0.2) is 15.8 Å². The number of nitro groups is 1. The van der Waals surface area contributed by atoms with Crippen molar-refractivity contribution in [3.8, 4) is 5.75 Å². The average molecular weight is 271 g/mol. The van der Waals surface area contributed by atoms with Gasteiger partial charge in [-0.05, 0) is 49.2 Å². The fraction of sp³-hybridized carbons (Fsp3) is 0.133. The minimum absolute atomic E-state index is 0.0559. The molecule has 0 saturated carbocycles. The van der Waals surface area contributed by atoms with Crippen molar-refractivity contribution < 1.29 is 14.8 Å². The second-order valence-corrected chi connectivity index (χ2v) is 4.59. The van der Waals surface area contributed by atoms with Crippen molar-refractivity contribution in [3.63, 3.8) is 0 Å². The standard InChI is InChI=1S/C15H13NO4/c1-9-7-12(8-10(2)14(9)17)15(18)11-3-5-13(6-4-11)16(19)20/h3-8,17H,1-2H3. The summed E-state index contributed by atoms with van der Waals surface area (Å²) in [5.41, 5.74) is 2.01. The molecule has 0 unspecified atom stereocenters. The number of nitro benzene ring substituents is 1. The van der Waals surface area contributed by atoms with Gasteiger partial charge in [-0.25, -0.2) is 0 Å². The Kier molecular flexibility index (Phi) is 3.52. The molecule has 2 aromatic carbocycles. The summed E-state index contributed by atoms with van der Waals surface area (Å²) in [6.45, 7) is 3.43. The van der Waals surface area contributed by atoms with Gasteiger partial charge >= 0.3 is 0 Å². The fourth-order valence-corrected chi connectivity index (χ4v) is 1.99. The van der Waals surface area contributed by atoms with Crippen LogP contribution in [0.4, 0.5) is 5.69 Å². The van der Waals surface area contributed by atoms with E-state index in [0.717, 1.165) is 0 Å². The number of ketones is 1. The third-order valence-corrected chi connectivity index (χ3v) is 3.09. The molecule has 0 spiro atoms. The number of hydrogen-bond acceptors (Lipinski definition) is 4. The van der Waals surface area contributed by atoms with E-state index in [1.807, 2.05) is 0 Å². The van der Waals surface area contributed by atoms with Gasteiger partial charge in [0.15, 0.2) is 5.78 Å². The Balaban J connectivity index is 2.38. The van der Waals surface area contributed by atoms with Crippen LogP contribution in [0.5, 0.6) is 5.75 Å². The maximum Gasteiger partial charge on any atom is 0.269 e. The summed E-state index contributed by atoms with van der Waals surface area (Å²) in [7, 11) is 0. The van der Waals surface area contributed by atoms with E-state index in [4.69, 9.17) is 0 Å². The zero-order valence-corrected chi connectivity index (χ0v) is 11.1. The van der Waals surface area contributed by atoms with E-state index in [-0.39, 0.29) is 17.2 Å². The minimum atomic E-state index is -0.511. The molecular formula is C15H13NO4. The molecule has 0 aliphatic heterocycles. The summed E-state index contributed by atoms with van der Waals surface area (Å²) in [6.07, 6.45) is 0. The van der Waals surface area contributed by atoms with E-state index in [9.17, 15) is 20.0 Å². The monoisotopic (exact) mass is 271 g/mol. The van der Waals surface area contributed by atoms with Gasteiger partial charge in [-0.2, -0.15) is 0 Å². The van der Waals surface area contributed by atoms with Crippen LogP contribution in [0.3, 0.4) is 0 Å². The number of phenols is 1. The summed E-state index contributed by atoms with van der Waals surface area (Å²) >= 11 is 0. The Labute approximate surface area is 115 Å². The first-order chi connectivity index (χ1) is 9.40. The first kappa shape index (κ1) is 13.7. The number of phenolic OH excluding ortho intramolecular Hbond substituents is 1. The van der Waals surface area contributed by atoms with E-state index in [2.05, 4.69) is 0 Å². The molecule has 0 bridgehead atoms. The number of benzene rings is 2. The van der Waals surface area contributed by atoms with Crippen molar-refractivity contribution in [1.82, 2.24) is 0 Å². The molecule has 2 rings (SSSR count). The van der Waals surface area contributed by atoms with E-state index in [1.165, 1.54) is 24.3 Å². The lowest BCUT2D eigenvalue weighted by Crippen LogP contribution is -2.02. The first-order valence-electron chi connectivity index (χ1n) is 5.99. The number of rotatable bonds is 3. The van der Waals surface area contributed by atoms with Crippen molar-refractivity contribution in [2.45, 2.75) is 13.8 Å². The van der Waals surface area contributed by atoms with Crippen LogP contribution in [-0.2, 0) is 0 Å². The molecule has 0 saturated heterocycles. The summed E-state index contributed by atoms with van der Waals surface area (Å²) in [5.74, 6) is -0.0589. The summed E-state index contributed by atoms with van der Waals surface area (Å²) in [6, 6.07) is 8.66. The van der Waals surface area contributed by atoms with Gasteiger partial charge in [-0.1, -0.05) is 0 Å². The highest BCUT2D eigenvalue weighted by Crippen LogP contribution is 2.24. The minimum Gasteiger partial charge on any atom is -0.507 e. The lowest BCUT2D eigenvalue weighted by molar-refractivity contribution is -0.384. The van der Waals surface area contributed by atoms with Gasteiger partial charge in [0.05, 0.1) is 4.92 Å². The van der Waals surface area contributed by atoms with Gasteiger partial charge in [-0.15, -0.1) is 0 Å². The van der Waals surface area contributed by atoms with Gasteiger partial charge in [0.1, 0.15) is 5.75 Å². The van der Waals surface area contributed by atoms with Crippen molar-refractivity contribution in [2.24, 2.45) is 0 Å². The van der Waals surface area contributed by atoms with Crippen LogP contribution in [0.15, 0.2) is 36.4 Å². The lowest BCUT2D eigenvalue weighted by atomic mass is 9.98. The van der Waals surface area contributed by atoms with Gasteiger partial charge < -0.3 is 5.11 Å². The highest BCUT2D eigenvalue weighted by Gasteiger charge is 2.14. The number of aromatic hydroxyl groups is 1. The van der Waals surface area contributed by atoms with Crippen molar-refractivity contribution >= 4 is 11.5 Å². The molecule has 0 amide bonds. The molecule has 0 atom stereocenters. The Bertz CT molecular complexity index is 667. The Morgan fingerprint density at radius 3 is 2.00 bits per heavy atom. The number of non-ortho nitro benzene ring substituents is 1. The summed E-state index contributed by atoms with van der Waals surface area (Å²) in [4.78, 5) is 22.4. The van der Waals surface area contributed by atoms with Crippen LogP contribution in [0.25, 0.3) is 0 Å². The molecular weight excluding hydrogens is 258 g/mol. The first-order valence-corrected chi connectivity index (χ1v) is 5.99. The molecule has 0 aliphatic rings. The second-order valence-electron chi connectivity index (χ2n) is 4.59. The second kappa shape index (κ2) is 5.13. The normalized spacial score (nSPS) is 10.3. The molecule has 0 fully saturated rings. The van der Waals surface area contributed by atoms with Crippen molar-refractivity contribution in [2.75, 3.05) is 0 Å². The van der Waals surface area contributed by atoms with E-state index in [0.29, 0.717) is 22.3 Å². The van der Waals surface area contributed by atoms with Gasteiger partial charge in [-0.3, -0.25) is 14.9 Å². The summed E-state index contributed by atoms with van der Waals surface area (Å²) < 4.78 is 0. The average Bonchev–Trinajstić information content (AvgIpc) is 2.43. The van der Waals surface area contributed by atoms with E-state index >= 15 is 0 Å². The van der Waals surface area contributed by atoms with Crippen LogP contribution >= 0.6 is 0 Å². The van der Waals surface area contributed by atoms with Crippen LogP contribution in [0.1, 0.15) is 27.0 Å². The number of nitrogens with zero attached hydrogens (tertiary/aromatic N) is 1. The summed E-state index contributed by atoms with van der Waals surface area (Å²) in [5, 5.41) is 20.3. The molecule has 1 N–H and O–H groups in total. The van der Waals surface area contributed by atoms with Crippen LogP contribution in [0, 0.1) is 24.0 Å². The topological polar surface area (TPSA) is 80.4 Å². The fourth-order valence-electron chi connectivity index (χ4n) is 1.99. The van der Waals surface area contributed by atoms with Gasteiger partial charge in [0, 0.05) is 23.3 Å². The maximum atomic E-state index is 12.3. The molecule has 0 radical (unpaired) electrons.